The summed E-state index contributed by atoms with van der Waals surface area (Å²) in [5.74, 6) is 0.448. The number of nitrogens with one attached hydrogen (secondary N) is 1. The normalized spacial score (nSPS) is 13.2. The fraction of sp³-hybridized carbons (Fsp3) is 0.875. The lowest BCUT2D eigenvalue weighted by atomic mass is 10.2. The summed E-state index contributed by atoms with van der Waals surface area (Å²) >= 11 is 0. The Morgan fingerprint density at radius 2 is 2.09 bits per heavy atom. The number of rotatable bonds is 4. The van der Waals surface area contributed by atoms with Gasteiger partial charge in [0.1, 0.15) is 0 Å². The molecular weight excluding hydrogens is 140 g/mol. The van der Waals surface area contributed by atoms with Crippen molar-refractivity contribution in [3.8, 4) is 0 Å². The first-order valence-electron chi connectivity index (χ1n) is 4.11. The van der Waals surface area contributed by atoms with Gasteiger partial charge in [-0.25, -0.2) is 0 Å². The van der Waals surface area contributed by atoms with Crippen LogP contribution in [0.5, 0.6) is 0 Å². The van der Waals surface area contributed by atoms with E-state index in [4.69, 9.17) is 5.73 Å². The fourth-order valence-electron chi connectivity index (χ4n) is 0.621. The second kappa shape index (κ2) is 5.13. The van der Waals surface area contributed by atoms with Crippen LogP contribution in [0.3, 0.4) is 0 Å². The molecule has 3 heteroatoms. The Morgan fingerprint density at radius 3 is 2.45 bits per heavy atom. The molecule has 0 fully saturated rings. The fourth-order valence-corrected chi connectivity index (χ4v) is 0.621. The van der Waals surface area contributed by atoms with Crippen molar-refractivity contribution in [2.45, 2.75) is 33.2 Å². The van der Waals surface area contributed by atoms with E-state index in [-0.39, 0.29) is 11.9 Å². The van der Waals surface area contributed by atoms with E-state index in [0.29, 0.717) is 18.9 Å². The molecule has 11 heavy (non-hydrogen) atoms. The van der Waals surface area contributed by atoms with E-state index in [0.717, 1.165) is 0 Å². The van der Waals surface area contributed by atoms with Crippen LogP contribution >= 0.6 is 0 Å². The summed E-state index contributed by atoms with van der Waals surface area (Å²) < 4.78 is 0. The maximum Gasteiger partial charge on any atom is 0.236 e. The predicted molar refractivity (Wildman–Crippen MR) is 46.1 cm³/mol. The third-order valence-electron chi connectivity index (χ3n) is 1.46. The first kappa shape index (κ1) is 10.4. The number of nitrogens with two attached hydrogens (primary N) is 1. The molecule has 0 aliphatic heterocycles. The molecule has 0 aromatic heterocycles. The minimum absolute atomic E-state index is 0.0406. The average Bonchev–Trinajstić information content (AvgIpc) is 1.98. The van der Waals surface area contributed by atoms with Crippen molar-refractivity contribution in [1.82, 2.24) is 5.32 Å². The highest BCUT2D eigenvalue weighted by Crippen LogP contribution is 1.89. The molecule has 0 unspecified atom stereocenters. The third kappa shape index (κ3) is 4.79. The van der Waals surface area contributed by atoms with Crippen LogP contribution in [0.15, 0.2) is 0 Å². The van der Waals surface area contributed by atoms with Crippen LogP contribution in [-0.4, -0.2) is 18.5 Å². The smallest absolute Gasteiger partial charge is 0.236 e. The summed E-state index contributed by atoms with van der Waals surface area (Å²) in [6.07, 6.45) is 0.698. The maximum atomic E-state index is 11.0. The first-order valence-corrected chi connectivity index (χ1v) is 4.11. The standard InChI is InChI=1S/C8H18N2O/c1-4-7(9)8(11)10-5-6(2)3/h6-7H,4-5,9H2,1-3H3,(H,10,11)/t7-/m1/s1. The van der Waals surface area contributed by atoms with Gasteiger partial charge >= 0.3 is 0 Å². The highest BCUT2D eigenvalue weighted by Gasteiger charge is 2.09. The molecule has 0 aliphatic carbocycles. The van der Waals surface area contributed by atoms with Gasteiger partial charge in [-0.1, -0.05) is 20.8 Å². The second-order valence-electron chi connectivity index (χ2n) is 3.15. The summed E-state index contributed by atoms with van der Waals surface area (Å²) in [7, 11) is 0. The Bertz CT molecular complexity index is 123. The SMILES string of the molecule is CC[C@@H](N)C(=O)NCC(C)C. The van der Waals surface area contributed by atoms with Crippen LogP contribution in [0.4, 0.5) is 0 Å². The molecule has 0 aromatic rings. The first-order chi connectivity index (χ1) is 5.07. The van der Waals surface area contributed by atoms with Crippen molar-refractivity contribution >= 4 is 5.91 Å². The van der Waals surface area contributed by atoms with Crippen molar-refractivity contribution in [3.05, 3.63) is 0 Å². The van der Waals surface area contributed by atoms with Gasteiger partial charge in [0.15, 0.2) is 0 Å². The van der Waals surface area contributed by atoms with Gasteiger partial charge in [0, 0.05) is 6.54 Å². The van der Waals surface area contributed by atoms with Crippen molar-refractivity contribution in [3.63, 3.8) is 0 Å². The van der Waals surface area contributed by atoms with Gasteiger partial charge < -0.3 is 11.1 Å². The average molecular weight is 158 g/mol. The molecule has 0 saturated heterocycles. The van der Waals surface area contributed by atoms with Gasteiger partial charge in [0.2, 0.25) is 5.91 Å². The zero-order valence-electron chi connectivity index (χ0n) is 7.55. The molecule has 0 saturated carbocycles. The lowest BCUT2D eigenvalue weighted by molar-refractivity contribution is -0.122. The van der Waals surface area contributed by atoms with Crippen molar-refractivity contribution in [2.75, 3.05) is 6.54 Å². The van der Waals surface area contributed by atoms with Crippen molar-refractivity contribution < 1.29 is 4.79 Å². The third-order valence-corrected chi connectivity index (χ3v) is 1.46. The largest absolute Gasteiger partial charge is 0.354 e. The minimum Gasteiger partial charge on any atom is -0.354 e. The Balaban J connectivity index is 3.52. The Kier molecular flexibility index (Phi) is 4.86. The van der Waals surface area contributed by atoms with E-state index in [1.807, 2.05) is 6.92 Å². The summed E-state index contributed by atoms with van der Waals surface area (Å²) in [4.78, 5) is 11.0. The Hall–Kier alpha value is -0.570. The molecule has 1 amide bonds. The van der Waals surface area contributed by atoms with Gasteiger partial charge in [-0.3, -0.25) is 4.79 Å². The molecule has 66 valence electrons. The quantitative estimate of drug-likeness (QED) is 0.626. The van der Waals surface area contributed by atoms with Crippen LogP contribution < -0.4 is 11.1 Å². The summed E-state index contributed by atoms with van der Waals surface area (Å²) in [5, 5.41) is 2.77. The van der Waals surface area contributed by atoms with Crippen LogP contribution in [0.1, 0.15) is 27.2 Å². The van der Waals surface area contributed by atoms with E-state index in [1.54, 1.807) is 0 Å². The van der Waals surface area contributed by atoms with Crippen molar-refractivity contribution in [1.29, 1.82) is 0 Å². The van der Waals surface area contributed by atoms with E-state index >= 15 is 0 Å². The Morgan fingerprint density at radius 1 is 1.55 bits per heavy atom. The lowest BCUT2D eigenvalue weighted by Crippen LogP contribution is -2.41. The van der Waals surface area contributed by atoms with Gasteiger partial charge in [-0.15, -0.1) is 0 Å². The van der Waals surface area contributed by atoms with E-state index in [2.05, 4.69) is 19.2 Å². The van der Waals surface area contributed by atoms with Crippen LogP contribution in [0.2, 0.25) is 0 Å². The molecule has 0 radical (unpaired) electrons. The number of carbonyl (C=O) groups excluding carboxylic acids is 1. The van der Waals surface area contributed by atoms with Crippen LogP contribution in [0.25, 0.3) is 0 Å². The number of carbonyl (C=O) groups is 1. The minimum atomic E-state index is -0.339. The summed E-state index contributed by atoms with van der Waals surface area (Å²) in [6, 6.07) is -0.339. The maximum absolute atomic E-state index is 11.0. The highest BCUT2D eigenvalue weighted by atomic mass is 16.2. The van der Waals surface area contributed by atoms with Gasteiger partial charge in [0.05, 0.1) is 6.04 Å². The molecule has 0 bridgehead atoms. The van der Waals surface area contributed by atoms with Gasteiger partial charge in [0.25, 0.3) is 0 Å². The zero-order valence-corrected chi connectivity index (χ0v) is 7.55. The molecule has 0 aromatic carbocycles. The second-order valence-corrected chi connectivity index (χ2v) is 3.15. The van der Waals surface area contributed by atoms with Crippen LogP contribution in [-0.2, 0) is 4.79 Å². The summed E-state index contributed by atoms with van der Waals surface area (Å²) in [5.41, 5.74) is 5.49. The topological polar surface area (TPSA) is 55.1 Å². The molecular formula is C8H18N2O. The van der Waals surface area contributed by atoms with Gasteiger partial charge in [-0.05, 0) is 12.3 Å². The van der Waals surface area contributed by atoms with E-state index < -0.39 is 0 Å². The molecule has 0 rings (SSSR count). The summed E-state index contributed by atoms with van der Waals surface area (Å²) in [6.45, 7) is 6.72. The molecule has 3 nitrogen and oxygen atoms in total. The number of hydrogen-bond donors (Lipinski definition) is 2. The van der Waals surface area contributed by atoms with E-state index in [9.17, 15) is 4.79 Å². The zero-order chi connectivity index (χ0) is 8.85. The number of hydrogen-bond acceptors (Lipinski definition) is 2. The monoisotopic (exact) mass is 158 g/mol. The number of amides is 1. The van der Waals surface area contributed by atoms with Gasteiger partial charge in [-0.2, -0.15) is 0 Å². The predicted octanol–water partition coefficient (Wildman–Crippen LogP) is 0.496. The molecule has 0 aliphatic rings. The lowest BCUT2D eigenvalue weighted by Gasteiger charge is -2.11. The molecule has 0 heterocycles. The van der Waals surface area contributed by atoms with E-state index in [1.165, 1.54) is 0 Å². The molecule has 3 N–H and O–H groups in total. The highest BCUT2D eigenvalue weighted by molar-refractivity contribution is 5.81. The molecule has 0 spiro atoms. The Labute approximate surface area is 68.3 Å². The van der Waals surface area contributed by atoms with Crippen LogP contribution in [0, 0.1) is 5.92 Å². The molecule has 1 atom stereocenters. The van der Waals surface area contributed by atoms with Crippen molar-refractivity contribution in [2.24, 2.45) is 11.7 Å².